The molecule has 1 aromatic carbocycles. The Labute approximate surface area is 102 Å². The van der Waals surface area contributed by atoms with Crippen molar-refractivity contribution in [1.29, 1.82) is 0 Å². The number of rotatable bonds is 4. The number of para-hydroxylation sites is 1. The van der Waals surface area contributed by atoms with E-state index < -0.39 is 5.60 Å². The minimum Gasteiger partial charge on any atom is -0.508 e. The van der Waals surface area contributed by atoms with Crippen LogP contribution in [-0.2, 0) is 16.0 Å². The quantitative estimate of drug-likeness (QED) is 0.817. The molecule has 0 aromatic heterocycles. The van der Waals surface area contributed by atoms with Gasteiger partial charge in [-0.3, -0.25) is 4.79 Å². The molecule has 0 bridgehead atoms. The van der Waals surface area contributed by atoms with Crippen molar-refractivity contribution in [2.45, 2.75) is 45.6 Å². The zero-order valence-corrected chi connectivity index (χ0v) is 10.7. The zero-order valence-electron chi connectivity index (χ0n) is 10.7. The Morgan fingerprint density at radius 1 is 1.29 bits per heavy atom. The van der Waals surface area contributed by atoms with Gasteiger partial charge in [0, 0.05) is 6.42 Å². The molecule has 94 valence electrons. The maximum absolute atomic E-state index is 11.4. The second kappa shape index (κ2) is 5.71. The predicted octanol–water partition coefficient (Wildman–Crippen LogP) is 3.06. The molecule has 0 saturated heterocycles. The molecule has 1 rings (SSSR count). The van der Waals surface area contributed by atoms with Crippen LogP contribution < -0.4 is 0 Å². The van der Waals surface area contributed by atoms with Crippen LogP contribution in [0.1, 0.15) is 39.2 Å². The molecule has 0 amide bonds. The molecule has 0 unspecified atom stereocenters. The number of benzene rings is 1. The molecule has 1 aromatic rings. The first kappa shape index (κ1) is 13.6. The lowest BCUT2D eigenvalue weighted by molar-refractivity contribution is -0.154. The van der Waals surface area contributed by atoms with Crippen molar-refractivity contribution in [3.8, 4) is 5.75 Å². The molecule has 0 atom stereocenters. The topological polar surface area (TPSA) is 46.5 Å². The smallest absolute Gasteiger partial charge is 0.306 e. The van der Waals surface area contributed by atoms with Crippen LogP contribution in [0.5, 0.6) is 5.75 Å². The number of carbonyl (C=O) groups is 1. The number of aromatic hydroxyl groups is 1. The van der Waals surface area contributed by atoms with E-state index >= 15 is 0 Å². The van der Waals surface area contributed by atoms with Crippen molar-refractivity contribution in [3.05, 3.63) is 29.8 Å². The molecule has 3 nitrogen and oxygen atoms in total. The number of hydrogen-bond donors (Lipinski definition) is 1. The van der Waals surface area contributed by atoms with Gasteiger partial charge in [-0.1, -0.05) is 18.2 Å². The Bertz CT molecular complexity index is 377. The SMILES string of the molecule is CC(C)(C)OC(=O)CCCc1ccccc1O. The van der Waals surface area contributed by atoms with Crippen LogP contribution in [0.25, 0.3) is 0 Å². The highest BCUT2D eigenvalue weighted by molar-refractivity contribution is 5.69. The Hall–Kier alpha value is -1.51. The van der Waals surface area contributed by atoms with Gasteiger partial charge in [0.25, 0.3) is 0 Å². The first-order chi connectivity index (χ1) is 7.88. The van der Waals surface area contributed by atoms with E-state index in [2.05, 4.69) is 0 Å². The Balaban J connectivity index is 2.34. The molecule has 0 aliphatic rings. The van der Waals surface area contributed by atoms with Gasteiger partial charge in [-0.2, -0.15) is 0 Å². The number of phenolic OH excluding ortho intramolecular Hbond substituents is 1. The molecule has 1 N–H and O–H groups in total. The monoisotopic (exact) mass is 236 g/mol. The summed E-state index contributed by atoms with van der Waals surface area (Å²) >= 11 is 0. The van der Waals surface area contributed by atoms with Gasteiger partial charge >= 0.3 is 5.97 Å². The fourth-order valence-electron chi connectivity index (χ4n) is 1.54. The Kier molecular flexibility index (Phi) is 4.55. The van der Waals surface area contributed by atoms with Crippen LogP contribution in [0.3, 0.4) is 0 Å². The lowest BCUT2D eigenvalue weighted by Gasteiger charge is -2.19. The standard InChI is InChI=1S/C14H20O3/c1-14(2,3)17-13(16)10-6-8-11-7-4-5-9-12(11)15/h4-5,7,9,15H,6,8,10H2,1-3H3. The second-order valence-electron chi connectivity index (χ2n) is 5.07. The molecule has 0 fully saturated rings. The zero-order chi connectivity index (χ0) is 12.9. The Morgan fingerprint density at radius 2 is 1.94 bits per heavy atom. The van der Waals surface area contributed by atoms with Crippen LogP contribution in [0.4, 0.5) is 0 Å². The number of hydrogen-bond acceptors (Lipinski definition) is 3. The van der Waals surface area contributed by atoms with Crippen molar-refractivity contribution in [2.24, 2.45) is 0 Å². The highest BCUT2D eigenvalue weighted by Gasteiger charge is 2.15. The summed E-state index contributed by atoms with van der Waals surface area (Å²) in [6.45, 7) is 5.57. The lowest BCUT2D eigenvalue weighted by Crippen LogP contribution is -2.23. The fourth-order valence-corrected chi connectivity index (χ4v) is 1.54. The molecule has 3 heteroatoms. The van der Waals surface area contributed by atoms with Crippen LogP contribution in [-0.4, -0.2) is 16.7 Å². The molecule has 0 radical (unpaired) electrons. The summed E-state index contributed by atoms with van der Waals surface area (Å²) in [4.78, 5) is 11.4. The van der Waals surface area contributed by atoms with E-state index in [0.29, 0.717) is 19.3 Å². The molecule has 0 aliphatic carbocycles. The molecular weight excluding hydrogens is 216 g/mol. The van der Waals surface area contributed by atoms with Gasteiger partial charge in [0.2, 0.25) is 0 Å². The van der Waals surface area contributed by atoms with E-state index in [4.69, 9.17) is 4.74 Å². The molecule has 0 heterocycles. The summed E-state index contributed by atoms with van der Waals surface area (Å²) in [5.74, 6) is 0.101. The Morgan fingerprint density at radius 3 is 2.53 bits per heavy atom. The molecule has 0 spiro atoms. The normalized spacial score (nSPS) is 11.2. The third kappa shape index (κ3) is 5.38. The summed E-state index contributed by atoms with van der Waals surface area (Å²) in [7, 11) is 0. The summed E-state index contributed by atoms with van der Waals surface area (Å²) < 4.78 is 5.20. The van der Waals surface area contributed by atoms with Crippen molar-refractivity contribution in [2.75, 3.05) is 0 Å². The highest BCUT2D eigenvalue weighted by atomic mass is 16.6. The van der Waals surface area contributed by atoms with Crippen molar-refractivity contribution in [1.82, 2.24) is 0 Å². The van der Waals surface area contributed by atoms with Gasteiger partial charge in [-0.15, -0.1) is 0 Å². The summed E-state index contributed by atoms with van der Waals surface area (Å²) in [5, 5.41) is 9.55. The van der Waals surface area contributed by atoms with Gasteiger partial charge < -0.3 is 9.84 Å². The molecule has 0 aliphatic heterocycles. The first-order valence-electron chi connectivity index (χ1n) is 5.87. The predicted molar refractivity (Wildman–Crippen MR) is 66.9 cm³/mol. The first-order valence-corrected chi connectivity index (χ1v) is 5.87. The number of ether oxygens (including phenoxy) is 1. The van der Waals surface area contributed by atoms with Crippen molar-refractivity contribution >= 4 is 5.97 Å². The number of phenols is 1. The van der Waals surface area contributed by atoms with Crippen molar-refractivity contribution < 1.29 is 14.6 Å². The van der Waals surface area contributed by atoms with Crippen LogP contribution in [0.2, 0.25) is 0 Å². The maximum atomic E-state index is 11.4. The molecular formula is C14H20O3. The summed E-state index contributed by atoms with van der Waals surface area (Å²) in [5.41, 5.74) is 0.447. The van der Waals surface area contributed by atoms with Gasteiger partial charge in [-0.25, -0.2) is 0 Å². The van der Waals surface area contributed by atoms with E-state index in [1.807, 2.05) is 32.9 Å². The van der Waals surface area contributed by atoms with Gasteiger partial charge in [0.1, 0.15) is 11.4 Å². The minimum absolute atomic E-state index is 0.187. The average Bonchev–Trinajstić information content (AvgIpc) is 2.18. The highest BCUT2D eigenvalue weighted by Crippen LogP contribution is 2.18. The largest absolute Gasteiger partial charge is 0.508 e. The van der Waals surface area contributed by atoms with Gasteiger partial charge in [-0.05, 0) is 45.2 Å². The number of carbonyl (C=O) groups excluding carboxylic acids is 1. The van der Waals surface area contributed by atoms with Crippen molar-refractivity contribution in [3.63, 3.8) is 0 Å². The van der Waals surface area contributed by atoms with Crippen LogP contribution >= 0.6 is 0 Å². The van der Waals surface area contributed by atoms with Crippen LogP contribution in [0, 0.1) is 0 Å². The average molecular weight is 236 g/mol. The van der Waals surface area contributed by atoms with Gasteiger partial charge in [0.15, 0.2) is 0 Å². The van der Waals surface area contributed by atoms with Crippen LogP contribution in [0.15, 0.2) is 24.3 Å². The third-order valence-electron chi connectivity index (χ3n) is 2.24. The third-order valence-corrected chi connectivity index (χ3v) is 2.24. The summed E-state index contributed by atoms with van der Waals surface area (Å²) in [6.07, 6.45) is 1.75. The minimum atomic E-state index is -0.425. The number of aryl methyl sites for hydroxylation is 1. The van der Waals surface area contributed by atoms with E-state index in [1.54, 1.807) is 12.1 Å². The summed E-state index contributed by atoms with van der Waals surface area (Å²) in [6, 6.07) is 7.18. The number of esters is 1. The lowest BCUT2D eigenvalue weighted by atomic mass is 10.1. The van der Waals surface area contributed by atoms with E-state index in [9.17, 15) is 9.90 Å². The second-order valence-corrected chi connectivity index (χ2v) is 5.07. The molecule has 17 heavy (non-hydrogen) atoms. The van der Waals surface area contributed by atoms with E-state index in [-0.39, 0.29) is 11.7 Å². The molecule has 0 saturated carbocycles. The van der Waals surface area contributed by atoms with E-state index in [0.717, 1.165) is 5.56 Å². The maximum Gasteiger partial charge on any atom is 0.306 e. The van der Waals surface area contributed by atoms with E-state index in [1.165, 1.54) is 0 Å². The van der Waals surface area contributed by atoms with Gasteiger partial charge in [0.05, 0.1) is 0 Å². The fraction of sp³-hybridized carbons (Fsp3) is 0.500.